The van der Waals surface area contributed by atoms with Crippen LogP contribution in [-0.4, -0.2) is 12.2 Å². The lowest BCUT2D eigenvalue weighted by molar-refractivity contribution is 0.178. The van der Waals surface area contributed by atoms with Crippen LogP contribution in [0.25, 0.3) is 0 Å². The normalized spacial score (nSPS) is 12.2. The van der Waals surface area contributed by atoms with Crippen molar-refractivity contribution in [3.8, 4) is 5.75 Å². The van der Waals surface area contributed by atoms with Crippen molar-refractivity contribution in [2.24, 2.45) is 0 Å². The molecule has 106 valence electrons. The molecule has 5 heteroatoms. The highest BCUT2D eigenvalue weighted by Gasteiger charge is 2.16. The molecule has 0 bridgehead atoms. The summed E-state index contributed by atoms with van der Waals surface area (Å²) >= 11 is 15.6. The average molecular weight is 376 g/mol. The Balaban J connectivity index is 2.23. The lowest BCUT2D eigenvalue weighted by Gasteiger charge is -2.15. The highest BCUT2D eigenvalue weighted by atomic mass is 79.9. The molecule has 0 aliphatic carbocycles. The van der Waals surface area contributed by atoms with Crippen molar-refractivity contribution < 1.29 is 9.84 Å². The van der Waals surface area contributed by atoms with Crippen LogP contribution in [0, 0.1) is 0 Å². The summed E-state index contributed by atoms with van der Waals surface area (Å²) in [4.78, 5) is 0. The zero-order chi connectivity index (χ0) is 14.7. The molecule has 1 atom stereocenters. The summed E-state index contributed by atoms with van der Waals surface area (Å²) in [6, 6.07) is 10.8. The molecule has 2 nitrogen and oxygen atoms in total. The minimum absolute atomic E-state index is 0.423. The van der Waals surface area contributed by atoms with Crippen molar-refractivity contribution in [3.05, 3.63) is 62.0 Å². The van der Waals surface area contributed by atoms with Crippen molar-refractivity contribution in [2.75, 3.05) is 7.11 Å². The molecule has 0 heterocycles. The molecule has 0 aliphatic heterocycles. The molecular weight excluding hydrogens is 363 g/mol. The van der Waals surface area contributed by atoms with Gasteiger partial charge in [-0.05, 0) is 45.8 Å². The molecule has 0 aliphatic rings. The number of rotatable bonds is 4. The number of ether oxygens (including phenoxy) is 1. The Morgan fingerprint density at radius 2 is 1.85 bits per heavy atom. The minimum atomic E-state index is -0.753. The summed E-state index contributed by atoms with van der Waals surface area (Å²) in [6.07, 6.45) is -0.331. The Labute approximate surface area is 136 Å². The third kappa shape index (κ3) is 3.47. The zero-order valence-electron chi connectivity index (χ0n) is 10.7. The van der Waals surface area contributed by atoms with E-state index in [9.17, 15) is 5.11 Å². The standard InChI is InChI=1S/C15H13BrCl2O2/c1-20-14-6-5-9(7-10(14)16)8-13(19)15-11(17)3-2-4-12(15)18/h2-7,13,19H,8H2,1H3. The third-order valence-electron chi connectivity index (χ3n) is 2.98. The van der Waals surface area contributed by atoms with E-state index in [1.54, 1.807) is 25.3 Å². The molecule has 2 rings (SSSR count). The third-order valence-corrected chi connectivity index (χ3v) is 4.26. The minimum Gasteiger partial charge on any atom is -0.496 e. The average Bonchev–Trinajstić information content (AvgIpc) is 2.38. The smallest absolute Gasteiger partial charge is 0.133 e. The maximum atomic E-state index is 10.3. The van der Waals surface area contributed by atoms with Gasteiger partial charge >= 0.3 is 0 Å². The zero-order valence-corrected chi connectivity index (χ0v) is 13.8. The van der Waals surface area contributed by atoms with Crippen LogP contribution in [0.2, 0.25) is 10.0 Å². The summed E-state index contributed by atoms with van der Waals surface area (Å²) in [5.41, 5.74) is 1.52. The van der Waals surface area contributed by atoms with Gasteiger partial charge in [0, 0.05) is 22.0 Å². The predicted molar refractivity (Wildman–Crippen MR) is 85.8 cm³/mol. The van der Waals surface area contributed by atoms with Crippen molar-refractivity contribution in [1.82, 2.24) is 0 Å². The van der Waals surface area contributed by atoms with Crippen molar-refractivity contribution in [2.45, 2.75) is 12.5 Å². The van der Waals surface area contributed by atoms with E-state index in [1.807, 2.05) is 18.2 Å². The fraction of sp³-hybridized carbons (Fsp3) is 0.200. The molecule has 2 aromatic rings. The summed E-state index contributed by atoms with van der Waals surface area (Å²) < 4.78 is 6.02. The second kappa shape index (κ2) is 6.81. The van der Waals surface area contributed by atoms with E-state index in [2.05, 4.69) is 15.9 Å². The van der Waals surface area contributed by atoms with Gasteiger partial charge in [0.1, 0.15) is 5.75 Å². The molecular formula is C15H13BrCl2O2. The Hall–Kier alpha value is -0.740. The van der Waals surface area contributed by atoms with Gasteiger partial charge in [0.15, 0.2) is 0 Å². The van der Waals surface area contributed by atoms with E-state index >= 15 is 0 Å². The molecule has 20 heavy (non-hydrogen) atoms. The molecule has 0 radical (unpaired) electrons. The SMILES string of the molecule is COc1ccc(CC(O)c2c(Cl)cccc2Cl)cc1Br. The first kappa shape index (κ1) is 15.6. The summed E-state index contributed by atoms with van der Waals surface area (Å²) in [7, 11) is 1.61. The number of hydrogen-bond donors (Lipinski definition) is 1. The maximum absolute atomic E-state index is 10.3. The van der Waals surface area contributed by atoms with Gasteiger partial charge in [-0.25, -0.2) is 0 Å². The molecule has 0 fully saturated rings. The predicted octanol–water partition coefficient (Wildman–Crippen LogP) is 5.04. The summed E-state index contributed by atoms with van der Waals surface area (Å²) in [5.74, 6) is 0.749. The number of methoxy groups -OCH3 is 1. The first-order valence-electron chi connectivity index (χ1n) is 5.97. The van der Waals surface area contributed by atoms with Gasteiger partial charge in [-0.3, -0.25) is 0 Å². The van der Waals surface area contributed by atoms with Crippen LogP contribution >= 0.6 is 39.1 Å². The van der Waals surface area contributed by atoms with Crippen LogP contribution in [0.1, 0.15) is 17.2 Å². The van der Waals surface area contributed by atoms with Gasteiger partial charge in [-0.2, -0.15) is 0 Å². The molecule has 0 saturated heterocycles. The van der Waals surface area contributed by atoms with E-state index in [1.165, 1.54) is 0 Å². The highest BCUT2D eigenvalue weighted by Crippen LogP contribution is 2.33. The van der Waals surface area contributed by atoms with Crippen molar-refractivity contribution in [3.63, 3.8) is 0 Å². The van der Waals surface area contributed by atoms with E-state index in [4.69, 9.17) is 27.9 Å². The van der Waals surface area contributed by atoms with E-state index in [0.717, 1.165) is 15.8 Å². The lowest BCUT2D eigenvalue weighted by Crippen LogP contribution is -2.03. The molecule has 1 N–H and O–H groups in total. The maximum Gasteiger partial charge on any atom is 0.133 e. The van der Waals surface area contributed by atoms with Crippen LogP contribution in [0.15, 0.2) is 40.9 Å². The topological polar surface area (TPSA) is 29.5 Å². The van der Waals surface area contributed by atoms with Gasteiger partial charge in [-0.15, -0.1) is 0 Å². The van der Waals surface area contributed by atoms with Crippen molar-refractivity contribution >= 4 is 39.1 Å². The van der Waals surface area contributed by atoms with E-state index in [0.29, 0.717) is 22.0 Å². The molecule has 0 saturated carbocycles. The van der Waals surface area contributed by atoms with Gasteiger partial charge in [0.2, 0.25) is 0 Å². The second-order valence-electron chi connectivity index (χ2n) is 4.32. The van der Waals surface area contributed by atoms with Gasteiger partial charge in [-0.1, -0.05) is 35.3 Å². The van der Waals surface area contributed by atoms with E-state index < -0.39 is 6.10 Å². The van der Waals surface area contributed by atoms with Gasteiger partial charge < -0.3 is 9.84 Å². The fourth-order valence-electron chi connectivity index (χ4n) is 1.99. The molecule has 0 aromatic heterocycles. The Morgan fingerprint density at radius 3 is 2.40 bits per heavy atom. The van der Waals surface area contributed by atoms with Crippen LogP contribution in [0.3, 0.4) is 0 Å². The lowest BCUT2D eigenvalue weighted by atomic mass is 10.0. The van der Waals surface area contributed by atoms with Gasteiger partial charge in [0.25, 0.3) is 0 Å². The van der Waals surface area contributed by atoms with Gasteiger partial charge in [0.05, 0.1) is 17.7 Å². The number of aliphatic hydroxyl groups is 1. The monoisotopic (exact) mass is 374 g/mol. The first-order valence-corrected chi connectivity index (χ1v) is 7.52. The van der Waals surface area contributed by atoms with Crippen LogP contribution in [0.4, 0.5) is 0 Å². The Bertz CT molecular complexity index is 597. The van der Waals surface area contributed by atoms with Crippen LogP contribution < -0.4 is 4.74 Å². The number of benzene rings is 2. The van der Waals surface area contributed by atoms with Crippen LogP contribution in [0.5, 0.6) is 5.75 Å². The number of hydrogen-bond acceptors (Lipinski definition) is 2. The van der Waals surface area contributed by atoms with E-state index in [-0.39, 0.29) is 0 Å². The second-order valence-corrected chi connectivity index (χ2v) is 5.99. The van der Waals surface area contributed by atoms with Crippen molar-refractivity contribution in [1.29, 1.82) is 0 Å². The molecule has 0 amide bonds. The number of aliphatic hydroxyl groups excluding tert-OH is 1. The Kier molecular flexibility index (Phi) is 5.33. The Morgan fingerprint density at radius 1 is 1.20 bits per heavy atom. The number of halogens is 3. The molecule has 2 aromatic carbocycles. The summed E-state index contributed by atoms with van der Waals surface area (Å²) in [6.45, 7) is 0. The largest absolute Gasteiger partial charge is 0.496 e. The summed E-state index contributed by atoms with van der Waals surface area (Å²) in [5, 5.41) is 11.3. The molecule has 1 unspecified atom stereocenters. The molecule has 0 spiro atoms. The first-order chi connectivity index (χ1) is 9.52. The quantitative estimate of drug-likeness (QED) is 0.810. The fourth-order valence-corrected chi connectivity index (χ4v) is 3.23. The van der Waals surface area contributed by atoms with Crippen LogP contribution in [-0.2, 0) is 6.42 Å². The highest BCUT2D eigenvalue weighted by molar-refractivity contribution is 9.10.